The Morgan fingerprint density at radius 3 is 2.63 bits per heavy atom. The van der Waals surface area contributed by atoms with Gasteiger partial charge in [-0.15, -0.1) is 10.2 Å². The summed E-state index contributed by atoms with van der Waals surface area (Å²) in [4.78, 5) is 0. The van der Waals surface area contributed by atoms with Crippen molar-refractivity contribution in [3.8, 4) is 11.5 Å². The first-order valence-electron chi connectivity index (χ1n) is 6.00. The normalized spacial score (nSPS) is 10.5. The molecule has 0 bridgehead atoms. The third kappa shape index (κ3) is 2.85. The molecule has 0 atom stereocenters. The molecule has 0 fully saturated rings. The molecule has 0 aliphatic heterocycles. The quantitative estimate of drug-likeness (QED) is 0.875. The molecule has 1 aromatic heterocycles. The Kier molecular flexibility index (Phi) is 4.01. The number of benzene rings is 1. The molecule has 2 N–H and O–H groups in total. The standard InChI is InChI=1S/C13H18N4O2/c1-9-15-16-13(17(9)2)8-19-11-5-4-10(7-14)6-12(11)18-3/h4-6H,7-8,14H2,1-3H3. The van der Waals surface area contributed by atoms with Gasteiger partial charge in [0, 0.05) is 13.6 Å². The molecule has 6 nitrogen and oxygen atoms in total. The molecule has 102 valence electrons. The summed E-state index contributed by atoms with van der Waals surface area (Å²) in [5.41, 5.74) is 6.59. The van der Waals surface area contributed by atoms with Crippen LogP contribution in [0.4, 0.5) is 0 Å². The lowest BCUT2D eigenvalue weighted by molar-refractivity contribution is 0.272. The van der Waals surface area contributed by atoms with Crippen LogP contribution in [0.25, 0.3) is 0 Å². The van der Waals surface area contributed by atoms with Crippen LogP contribution in [0, 0.1) is 6.92 Å². The van der Waals surface area contributed by atoms with E-state index in [9.17, 15) is 0 Å². The van der Waals surface area contributed by atoms with Crippen LogP contribution in [0.15, 0.2) is 18.2 Å². The van der Waals surface area contributed by atoms with E-state index < -0.39 is 0 Å². The minimum atomic E-state index is 0.343. The highest BCUT2D eigenvalue weighted by molar-refractivity contribution is 5.42. The van der Waals surface area contributed by atoms with Gasteiger partial charge in [-0.3, -0.25) is 0 Å². The molecule has 1 heterocycles. The fraction of sp³-hybridized carbons (Fsp3) is 0.385. The number of aryl methyl sites for hydroxylation is 1. The number of nitrogens with zero attached hydrogens (tertiary/aromatic N) is 3. The molecule has 2 aromatic rings. The Bertz CT molecular complexity index is 566. The van der Waals surface area contributed by atoms with E-state index in [4.69, 9.17) is 15.2 Å². The van der Waals surface area contributed by atoms with Gasteiger partial charge >= 0.3 is 0 Å². The summed E-state index contributed by atoms with van der Waals surface area (Å²) in [6.45, 7) is 2.71. The van der Waals surface area contributed by atoms with E-state index in [1.165, 1.54) is 0 Å². The molecule has 0 spiro atoms. The zero-order valence-electron chi connectivity index (χ0n) is 11.4. The zero-order chi connectivity index (χ0) is 13.8. The first-order valence-corrected chi connectivity index (χ1v) is 6.00. The summed E-state index contributed by atoms with van der Waals surface area (Å²) >= 11 is 0. The molecule has 0 aliphatic carbocycles. The van der Waals surface area contributed by atoms with Gasteiger partial charge in [0.2, 0.25) is 0 Å². The van der Waals surface area contributed by atoms with Gasteiger partial charge in [0.15, 0.2) is 17.3 Å². The second-order valence-corrected chi connectivity index (χ2v) is 4.20. The number of hydrogen-bond acceptors (Lipinski definition) is 5. The van der Waals surface area contributed by atoms with Crippen molar-refractivity contribution in [1.29, 1.82) is 0 Å². The topological polar surface area (TPSA) is 75.2 Å². The molecule has 0 saturated heterocycles. The summed E-state index contributed by atoms with van der Waals surface area (Å²) in [5.74, 6) is 2.95. The van der Waals surface area contributed by atoms with Crippen molar-refractivity contribution in [2.45, 2.75) is 20.1 Å². The van der Waals surface area contributed by atoms with Crippen LogP contribution in [0.1, 0.15) is 17.2 Å². The van der Waals surface area contributed by atoms with E-state index in [-0.39, 0.29) is 0 Å². The molecule has 1 aromatic carbocycles. The van der Waals surface area contributed by atoms with E-state index in [1.807, 2.05) is 36.7 Å². The summed E-state index contributed by atoms with van der Waals surface area (Å²) in [6, 6.07) is 5.64. The minimum Gasteiger partial charge on any atom is -0.493 e. The molecule has 0 unspecified atom stereocenters. The Hall–Kier alpha value is -2.08. The molecular formula is C13H18N4O2. The van der Waals surface area contributed by atoms with Crippen LogP contribution in [-0.2, 0) is 20.2 Å². The van der Waals surface area contributed by atoms with Crippen LogP contribution in [0.5, 0.6) is 11.5 Å². The van der Waals surface area contributed by atoms with Gasteiger partial charge in [-0.2, -0.15) is 0 Å². The molecule has 0 aliphatic rings. The summed E-state index contributed by atoms with van der Waals surface area (Å²) < 4.78 is 12.9. The van der Waals surface area contributed by atoms with Crippen LogP contribution < -0.4 is 15.2 Å². The number of nitrogens with two attached hydrogens (primary N) is 1. The third-order valence-corrected chi connectivity index (χ3v) is 3.00. The third-order valence-electron chi connectivity index (χ3n) is 3.00. The molecule has 19 heavy (non-hydrogen) atoms. The Balaban J connectivity index is 2.13. The fourth-order valence-electron chi connectivity index (χ4n) is 1.68. The molecule has 0 radical (unpaired) electrons. The number of ether oxygens (including phenoxy) is 2. The Morgan fingerprint density at radius 1 is 1.26 bits per heavy atom. The first-order chi connectivity index (χ1) is 9.15. The van der Waals surface area contributed by atoms with Gasteiger partial charge < -0.3 is 19.8 Å². The number of methoxy groups -OCH3 is 1. The zero-order valence-corrected chi connectivity index (χ0v) is 11.4. The van der Waals surface area contributed by atoms with Crippen molar-refractivity contribution >= 4 is 0 Å². The summed E-state index contributed by atoms with van der Waals surface area (Å²) in [6.07, 6.45) is 0. The smallest absolute Gasteiger partial charge is 0.170 e. The minimum absolute atomic E-state index is 0.343. The summed E-state index contributed by atoms with van der Waals surface area (Å²) in [5, 5.41) is 8.03. The number of rotatable bonds is 5. The Morgan fingerprint density at radius 2 is 2.05 bits per heavy atom. The number of aromatic nitrogens is 3. The Labute approximate surface area is 112 Å². The SMILES string of the molecule is COc1cc(CN)ccc1OCc1nnc(C)n1C. The largest absolute Gasteiger partial charge is 0.493 e. The average molecular weight is 262 g/mol. The molecule has 6 heteroatoms. The molecule has 0 saturated carbocycles. The van der Waals surface area contributed by atoms with Crippen molar-refractivity contribution in [3.05, 3.63) is 35.4 Å². The monoisotopic (exact) mass is 262 g/mol. The van der Waals surface area contributed by atoms with Crippen molar-refractivity contribution < 1.29 is 9.47 Å². The van der Waals surface area contributed by atoms with Crippen LogP contribution >= 0.6 is 0 Å². The van der Waals surface area contributed by atoms with Crippen molar-refractivity contribution in [2.75, 3.05) is 7.11 Å². The lowest BCUT2D eigenvalue weighted by atomic mass is 10.2. The van der Waals surface area contributed by atoms with E-state index in [0.717, 1.165) is 17.2 Å². The lowest BCUT2D eigenvalue weighted by Crippen LogP contribution is -2.05. The second-order valence-electron chi connectivity index (χ2n) is 4.20. The second kappa shape index (κ2) is 5.71. The molecule has 2 rings (SSSR count). The molecule has 0 amide bonds. The number of hydrogen-bond donors (Lipinski definition) is 1. The van der Waals surface area contributed by atoms with Crippen molar-refractivity contribution in [2.24, 2.45) is 12.8 Å². The maximum Gasteiger partial charge on any atom is 0.170 e. The van der Waals surface area contributed by atoms with E-state index in [0.29, 0.717) is 24.7 Å². The predicted octanol–water partition coefficient (Wildman–Crippen LogP) is 1.17. The average Bonchev–Trinajstić information content (AvgIpc) is 2.76. The highest BCUT2D eigenvalue weighted by Crippen LogP contribution is 2.28. The van der Waals surface area contributed by atoms with Crippen LogP contribution in [0.2, 0.25) is 0 Å². The highest BCUT2D eigenvalue weighted by atomic mass is 16.5. The maximum absolute atomic E-state index is 5.72. The first kappa shape index (κ1) is 13.4. The fourth-order valence-corrected chi connectivity index (χ4v) is 1.68. The predicted molar refractivity (Wildman–Crippen MR) is 71.0 cm³/mol. The van der Waals surface area contributed by atoms with Gasteiger partial charge in [0.1, 0.15) is 12.4 Å². The van der Waals surface area contributed by atoms with Gasteiger partial charge in [0.05, 0.1) is 7.11 Å². The van der Waals surface area contributed by atoms with Gasteiger partial charge in [-0.1, -0.05) is 6.07 Å². The van der Waals surface area contributed by atoms with Crippen molar-refractivity contribution in [3.63, 3.8) is 0 Å². The maximum atomic E-state index is 5.72. The van der Waals surface area contributed by atoms with Crippen LogP contribution in [0.3, 0.4) is 0 Å². The van der Waals surface area contributed by atoms with Crippen molar-refractivity contribution in [1.82, 2.24) is 14.8 Å². The summed E-state index contributed by atoms with van der Waals surface area (Å²) in [7, 11) is 3.51. The highest BCUT2D eigenvalue weighted by Gasteiger charge is 2.09. The van der Waals surface area contributed by atoms with Gasteiger partial charge in [-0.25, -0.2) is 0 Å². The van der Waals surface area contributed by atoms with E-state index >= 15 is 0 Å². The molecular weight excluding hydrogens is 244 g/mol. The van der Waals surface area contributed by atoms with E-state index in [1.54, 1.807) is 7.11 Å². The van der Waals surface area contributed by atoms with Gasteiger partial charge in [0.25, 0.3) is 0 Å². The van der Waals surface area contributed by atoms with Gasteiger partial charge in [-0.05, 0) is 24.6 Å². The van der Waals surface area contributed by atoms with E-state index in [2.05, 4.69) is 10.2 Å². The lowest BCUT2D eigenvalue weighted by Gasteiger charge is -2.11. The van der Waals surface area contributed by atoms with Crippen LogP contribution in [-0.4, -0.2) is 21.9 Å².